The number of rotatable bonds is 5. The molecule has 0 amide bonds. The molecule has 3 aromatic carbocycles. The second kappa shape index (κ2) is 8.41. The van der Waals surface area contributed by atoms with E-state index in [1.165, 1.54) is 22.3 Å². The number of nitrogens with zero attached hydrogens (tertiary/aromatic N) is 1. The number of hydrogen-bond acceptors (Lipinski definition) is 3. The van der Waals surface area contributed by atoms with Crippen LogP contribution in [-0.4, -0.2) is 24.0 Å². The largest absolute Gasteiger partial charge is 0.462 e. The molecule has 142 valence electrons. The van der Waals surface area contributed by atoms with Gasteiger partial charge in [0.25, 0.3) is 0 Å². The Labute approximate surface area is 166 Å². The maximum atomic E-state index is 12.3. The molecule has 3 heteroatoms. The molecule has 0 saturated heterocycles. The zero-order valence-electron chi connectivity index (χ0n) is 16.2. The standard InChI is InChI=1S/C25H25NO2/c1-2-28-25(27)21-12-13-24(20-9-4-3-5-10-20)23(16-21)18-26-15-14-19-8-6-7-11-22(19)17-26/h3-13,16H,2,14-15,17-18H2,1H3. The summed E-state index contributed by atoms with van der Waals surface area (Å²) in [5.41, 5.74) is 6.97. The van der Waals surface area contributed by atoms with Gasteiger partial charge in [0.15, 0.2) is 0 Å². The molecule has 1 aliphatic heterocycles. The molecule has 28 heavy (non-hydrogen) atoms. The third-order valence-electron chi connectivity index (χ3n) is 5.30. The van der Waals surface area contributed by atoms with Crippen LogP contribution in [-0.2, 0) is 24.2 Å². The van der Waals surface area contributed by atoms with E-state index in [0.29, 0.717) is 12.2 Å². The van der Waals surface area contributed by atoms with Crippen molar-refractivity contribution in [2.24, 2.45) is 0 Å². The first-order valence-electron chi connectivity index (χ1n) is 9.89. The minimum absolute atomic E-state index is 0.257. The van der Waals surface area contributed by atoms with Crippen LogP contribution >= 0.6 is 0 Å². The van der Waals surface area contributed by atoms with Crippen LogP contribution in [0.25, 0.3) is 11.1 Å². The summed E-state index contributed by atoms with van der Waals surface area (Å²) in [4.78, 5) is 14.7. The molecule has 0 fully saturated rings. The molecular formula is C25H25NO2. The normalized spacial score (nSPS) is 13.8. The lowest BCUT2D eigenvalue weighted by atomic mass is 9.95. The molecule has 0 bridgehead atoms. The van der Waals surface area contributed by atoms with E-state index in [1.807, 2.05) is 25.1 Å². The monoisotopic (exact) mass is 371 g/mol. The van der Waals surface area contributed by atoms with E-state index < -0.39 is 0 Å². The Morgan fingerprint density at radius 2 is 1.71 bits per heavy atom. The van der Waals surface area contributed by atoms with Gasteiger partial charge in [0, 0.05) is 19.6 Å². The number of carbonyl (C=O) groups excluding carboxylic acids is 1. The van der Waals surface area contributed by atoms with Crippen LogP contribution in [0.4, 0.5) is 0 Å². The fourth-order valence-corrected chi connectivity index (χ4v) is 3.90. The third-order valence-corrected chi connectivity index (χ3v) is 5.30. The first-order valence-corrected chi connectivity index (χ1v) is 9.89. The Bertz CT molecular complexity index is 965. The van der Waals surface area contributed by atoms with E-state index in [9.17, 15) is 4.79 Å². The summed E-state index contributed by atoms with van der Waals surface area (Å²) in [7, 11) is 0. The zero-order chi connectivity index (χ0) is 19.3. The molecule has 1 heterocycles. The zero-order valence-corrected chi connectivity index (χ0v) is 16.2. The predicted molar refractivity (Wildman–Crippen MR) is 112 cm³/mol. The van der Waals surface area contributed by atoms with Crippen LogP contribution in [0.2, 0.25) is 0 Å². The lowest BCUT2D eigenvalue weighted by molar-refractivity contribution is 0.0526. The van der Waals surface area contributed by atoms with Crippen molar-refractivity contribution < 1.29 is 9.53 Å². The van der Waals surface area contributed by atoms with Gasteiger partial charge < -0.3 is 4.74 Å². The molecule has 1 aliphatic rings. The fourth-order valence-electron chi connectivity index (χ4n) is 3.90. The molecule has 0 N–H and O–H groups in total. The van der Waals surface area contributed by atoms with E-state index in [1.54, 1.807) is 0 Å². The number of fused-ring (bicyclic) bond motifs is 1. The van der Waals surface area contributed by atoms with Crippen LogP contribution < -0.4 is 0 Å². The van der Waals surface area contributed by atoms with Crippen molar-refractivity contribution in [2.75, 3.05) is 13.2 Å². The number of hydrogen-bond donors (Lipinski definition) is 0. The number of carbonyl (C=O) groups is 1. The van der Waals surface area contributed by atoms with E-state index in [0.717, 1.165) is 31.6 Å². The van der Waals surface area contributed by atoms with Crippen molar-refractivity contribution in [2.45, 2.75) is 26.4 Å². The topological polar surface area (TPSA) is 29.5 Å². The molecule has 0 aliphatic carbocycles. The Hall–Kier alpha value is -2.91. The van der Waals surface area contributed by atoms with Gasteiger partial charge in [-0.15, -0.1) is 0 Å². The average molecular weight is 371 g/mol. The van der Waals surface area contributed by atoms with Crippen molar-refractivity contribution in [3.8, 4) is 11.1 Å². The van der Waals surface area contributed by atoms with Gasteiger partial charge >= 0.3 is 5.97 Å². The van der Waals surface area contributed by atoms with Crippen molar-refractivity contribution in [3.63, 3.8) is 0 Å². The Morgan fingerprint density at radius 1 is 0.964 bits per heavy atom. The van der Waals surface area contributed by atoms with Gasteiger partial charge in [-0.1, -0.05) is 60.7 Å². The Kier molecular flexibility index (Phi) is 5.54. The van der Waals surface area contributed by atoms with Gasteiger partial charge in [0.05, 0.1) is 12.2 Å². The average Bonchev–Trinajstić information content (AvgIpc) is 2.74. The summed E-state index contributed by atoms with van der Waals surface area (Å²) in [5.74, 6) is -0.257. The first kappa shape index (κ1) is 18.5. The number of esters is 1. The summed E-state index contributed by atoms with van der Waals surface area (Å²) in [6, 6.07) is 25.0. The third kappa shape index (κ3) is 4.00. The van der Waals surface area contributed by atoms with Gasteiger partial charge in [0.1, 0.15) is 0 Å². The lowest BCUT2D eigenvalue weighted by Crippen LogP contribution is -2.30. The van der Waals surface area contributed by atoms with Gasteiger partial charge in [-0.2, -0.15) is 0 Å². The molecule has 0 unspecified atom stereocenters. The van der Waals surface area contributed by atoms with Crippen molar-refractivity contribution in [1.29, 1.82) is 0 Å². The molecule has 0 atom stereocenters. The van der Waals surface area contributed by atoms with Crippen LogP contribution in [0.1, 0.15) is 34.0 Å². The predicted octanol–water partition coefficient (Wildman–Crippen LogP) is 5.09. The molecular weight excluding hydrogens is 346 g/mol. The second-order valence-corrected chi connectivity index (χ2v) is 7.19. The number of benzene rings is 3. The van der Waals surface area contributed by atoms with Gasteiger partial charge in [0.2, 0.25) is 0 Å². The van der Waals surface area contributed by atoms with Crippen molar-refractivity contribution in [1.82, 2.24) is 4.90 Å². The first-order chi connectivity index (χ1) is 13.7. The highest BCUT2D eigenvalue weighted by Crippen LogP contribution is 2.28. The van der Waals surface area contributed by atoms with Crippen LogP contribution in [0.3, 0.4) is 0 Å². The fraction of sp³-hybridized carbons (Fsp3) is 0.240. The maximum absolute atomic E-state index is 12.3. The summed E-state index contributed by atoms with van der Waals surface area (Å²) < 4.78 is 5.21. The maximum Gasteiger partial charge on any atom is 0.338 e. The summed E-state index contributed by atoms with van der Waals surface area (Å²) >= 11 is 0. The Morgan fingerprint density at radius 3 is 2.50 bits per heavy atom. The van der Waals surface area contributed by atoms with Gasteiger partial charge in [-0.3, -0.25) is 4.90 Å². The van der Waals surface area contributed by atoms with E-state index >= 15 is 0 Å². The van der Waals surface area contributed by atoms with Crippen LogP contribution in [0.5, 0.6) is 0 Å². The smallest absolute Gasteiger partial charge is 0.338 e. The lowest BCUT2D eigenvalue weighted by Gasteiger charge is -2.29. The van der Waals surface area contributed by atoms with E-state index in [4.69, 9.17) is 4.74 Å². The quantitative estimate of drug-likeness (QED) is 0.585. The van der Waals surface area contributed by atoms with E-state index in [2.05, 4.69) is 59.5 Å². The molecule has 0 radical (unpaired) electrons. The minimum atomic E-state index is -0.257. The highest BCUT2D eigenvalue weighted by molar-refractivity contribution is 5.90. The van der Waals surface area contributed by atoms with Crippen molar-refractivity contribution in [3.05, 3.63) is 95.1 Å². The number of ether oxygens (including phenoxy) is 1. The molecule has 0 aromatic heterocycles. The molecule has 0 spiro atoms. The summed E-state index contributed by atoms with van der Waals surface area (Å²) in [6.07, 6.45) is 1.06. The minimum Gasteiger partial charge on any atom is -0.462 e. The molecule has 3 nitrogen and oxygen atoms in total. The summed E-state index contributed by atoms with van der Waals surface area (Å²) in [6.45, 7) is 4.99. The molecule has 0 saturated carbocycles. The van der Waals surface area contributed by atoms with Crippen molar-refractivity contribution >= 4 is 5.97 Å². The highest BCUT2D eigenvalue weighted by atomic mass is 16.5. The summed E-state index contributed by atoms with van der Waals surface area (Å²) in [5, 5.41) is 0. The Balaban J connectivity index is 1.65. The van der Waals surface area contributed by atoms with Crippen LogP contribution in [0.15, 0.2) is 72.8 Å². The van der Waals surface area contributed by atoms with Gasteiger partial charge in [-0.25, -0.2) is 4.79 Å². The van der Waals surface area contributed by atoms with E-state index in [-0.39, 0.29) is 5.97 Å². The van der Waals surface area contributed by atoms with Crippen LogP contribution in [0, 0.1) is 0 Å². The second-order valence-electron chi connectivity index (χ2n) is 7.19. The SMILES string of the molecule is CCOC(=O)c1ccc(-c2ccccc2)c(CN2CCc3ccccc3C2)c1. The highest BCUT2D eigenvalue weighted by Gasteiger charge is 2.19. The van der Waals surface area contributed by atoms with Gasteiger partial charge in [-0.05, 0) is 53.3 Å². The molecule has 4 rings (SSSR count). The molecule has 3 aromatic rings.